The molecule has 0 radical (unpaired) electrons. The van der Waals surface area contributed by atoms with Crippen LogP contribution in [0, 0.1) is 0 Å². The normalized spacial score (nSPS) is 18.9. The highest BCUT2D eigenvalue weighted by molar-refractivity contribution is 6.11. The molecular formula is C22H24N2O4. The van der Waals surface area contributed by atoms with Gasteiger partial charge < -0.3 is 10.1 Å². The summed E-state index contributed by atoms with van der Waals surface area (Å²) in [6.45, 7) is 3.85. The lowest BCUT2D eigenvalue weighted by molar-refractivity contribution is -0.130. The molecule has 1 aliphatic rings. The molecule has 1 atom stereocenters. The Balaban J connectivity index is 1.64. The zero-order valence-electron chi connectivity index (χ0n) is 16.1. The number of carbonyl (C=O) groups is 3. The third-order valence-electron chi connectivity index (χ3n) is 4.89. The SMILES string of the molecule is CCOc1ccc(C(=O)CN2C(=O)N[C@](C)(CCc3ccccc3)C2=O)cc1. The van der Waals surface area contributed by atoms with Crippen LogP contribution in [0.25, 0.3) is 0 Å². The smallest absolute Gasteiger partial charge is 0.325 e. The Morgan fingerprint density at radius 3 is 2.39 bits per heavy atom. The van der Waals surface area contributed by atoms with Gasteiger partial charge >= 0.3 is 6.03 Å². The fourth-order valence-electron chi connectivity index (χ4n) is 3.24. The Labute approximate surface area is 164 Å². The molecule has 0 aromatic heterocycles. The molecule has 2 aromatic rings. The van der Waals surface area contributed by atoms with Crippen LogP contribution in [-0.2, 0) is 11.2 Å². The van der Waals surface area contributed by atoms with Gasteiger partial charge in [0, 0.05) is 5.56 Å². The van der Waals surface area contributed by atoms with Crippen molar-refractivity contribution in [3.63, 3.8) is 0 Å². The Morgan fingerprint density at radius 2 is 1.75 bits per heavy atom. The Bertz CT molecular complexity index is 864. The fraction of sp³-hybridized carbons (Fsp3) is 0.318. The van der Waals surface area contributed by atoms with Gasteiger partial charge in [0.2, 0.25) is 0 Å². The monoisotopic (exact) mass is 380 g/mol. The van der Waals surface area contributed by atoms with Gasteiger partial charge in [-0.2, -0.15) is 0 Å². The zero-order valence-corrected chi connectivity index (χ0v) is 16.1. The number of Topliss-reactive ketones (excluding diaryl/α,β-unsaturated/α-hetero) is 1. The summed E-state index contributed by atoms with van der Waals surface area (Å²) in [5.74, 6) is 0.00843. The number of amides is 3. The molecule has 0 unspecified atom stereocenters. The number of hydrogen-bond acceptors (Lipinski definition) is 4. The summed E-state index contributed by atoms with van der Waals surface area (Å²) >= 11 is 0. The van der Waals surface area contributed by atoms with Crippen molar-refractivity contribution in [2.45, 2.75) is 32.2 Å². The highest BCUT2D eigenvalue weighted by Crippen LogP contribution is 2.24. The van der Waals surface area contributed by atoms with E-state index in [9.17, 15) is 14.4 Å². The van der Waals surface area contributed by atoms with Crippen LogP contribution in [0.2, 0.25) is 0 Å². The van der Waals surface area contributed by atoms with E-state index in [-0.39, 0.29) is 18.2 Å². The highest BCUT2D eigenvalue weighted by Gasteiger charge is 2.47. The number of ketones is 1. The molecule has 1 N–H and O–H groups in total. The van der Waals surface area contributed by atoms with Crippen LogP contribution in [0.4, 0.5) is 4.79 Å². The van der Waals surface area contributed by atoms with Crippen molar-refractivity contribution in [1.82, 2.24) is 10.2 Å². The maximum Gasteiger partial charge on any atom is 0.325 e. The first kappa shape index (κ1) is 19.6. The second-order valence-electron chi connectivity index (χ2n) is 7.02. The quantitative estimate of drug-likeness (QED) is 0.564. The summed E-state index contributed by atoms with van der Waals surface area (Å²) in [5, 5.41) is 2.75. The Morgan fingerprint density at radius 1 is 1.07 bits per heavy atom. The van der Waals surface area contributed by atoms with E-state index >= 15 is 0 Å². The van der Waals surface area contributed by atoms with Crippen LogP contribution in [-0.4, -0.2) is 41.3 Å². The van der Waals surface area contributed by atoms with E-state index in [0.29, 0.717) is 30.8 Å². The molecule has 0 saturated carbocycles. The molecule has 1 heterocycles. The molecule has 1 saturated heterocycles. The topological polar surface area (TPSA) is 75.7 Å². The van der Waals surface area contributed by atoms with Crippen LogP contribution in [0.3, 0.4) is 0 Å². The van der Waals surface area contributed by atoms with Crippen molar-refractivity contribution in [2.75, 3.05) is 13.2 Å². The molecular weight excluding hydrogens is 356 g/mol. The number of urea groups is 1. The third-order valence-corrected chi connectivity index (χ3v) is 4.89. The Hall–Kier alpha value is -3.15. The van der Waals surface area contributed by atoms with Crippen molar-refractivity contribution in [2.24, 2.45) is 0 Å². The van der Waals surface area contributed by atoms with Gasteiger partial charge in [-0.3, -0.25) is 14.5 Å². The number of carbonyl (C=O) groups excluding carboxylic acids is 3. The number of benzene rings is 2. The van der Waals surface area contributed by atoms with Crippen molar-refractivity contribution in [3.8, 4) is 5.75 Å². The van der Waals surface area contributed by atoms with Crippen LogP contribution in [0.5, 0.6) is 5.75 Å². The first-order valence-corrected chi connectivity index (χ1v) is 9.37. The van der Waals surface area contributed by atoms with Gasteiger partial charge in [0.1, 0.15) is 11.3 Å². The third kappa shape index (κ3) is 4.22. The Kier molecular flexibility index (Phi) is 5.78. The average Bonchev–Trinajstić information content (AvgIpc) is 2.91. The number of nitrogens with zero attached hydrogens (tertiary/aromatic N) is 1. The molecule has 3 rings (SSSR count). The van der Waals surface area contributed by atoms with Gasteiger partial charge in [0.25, 0.3) is 5.91 Å². The van der Waals surface area contributed by atoms with Gasteiger partial charge in [-0.05, 0) is 56.5 Å². The van der Waals surface area contributed by atoms with Crippen LogP contribution in [0.1, 0.15) is 36.2 Å². The van der Waals surface area contributed by atoms with Gasteiger partial charge in [-0.1, -0.05) is 30.3 Å². The number of aryl methyl sites for hydroxylation is 1. The van der Waals surface area contributed by atoms with Crippen molar-refractivity contribution >= 4 is 17.7 Å². The van der Waals surface area contributed by atoms with Gasteiger partial charge in [-0.15, -0.1) is 0 Å². The molecule has 3 amide bonds. The molecule has 1 fully saturated rings. The molecule has 0 bridgehead atoms. The lowest BCUT2D eigenvalue weighted by Gasteiger charge is -2.21. The summed E-state index contributed by atoms with van der Waals surface area (Å²) in [5.41, 5.74) is 0.517. The molecule has 0 aliphatic carbocycles. The molecule has 28 heavy (non-hydrogen) atoms. The largest absolute Gasteiger partial charge is 0.494 e. The van der Waals surface area contributed by atoms with E-state index < -0.39 is 11.6 Å². The number of rotatable bonds is 8. The lowest BCUT2D eigenvalue weighted by Crippen LogP contribution is -2.44. The van der Waals surface area contributed by atoms with E-state index in [0.717, 1.165) is 10.5 Å². The molecule has 1 aliphatic heterocycles. The van der Waals surface area contributed by atoms with Crippen molar-refractivity contribution < 1.29 is 19.1 Å². The average molecular weight is 380 g/mol. The van der Waals surface area contributed by atoms with Crippen LogP contribution < -0.4 is 10.1 Å². The number of hydrogen-bond donors (Lipinski definition) is 1. The number of ether oxygens (including phenoxy) is 1. The molecule has 146 valence electrons. The van der Waals surface area contributed by atoms with Crippen molar-refractivity contribution in [3.05, 3.63) is 65.7 Å². The van der Waals surface area contributed by atoms with E-state index in [4.69, 9.17) is 4.74 Å². The van der Waals surface area contributed by atoms with Gasteiger partial charge in [0.15, 0.2) is 5.78 Å². The minimum atomic E-state index is -1.01. The minimum absolute atomic E-state index is 0.278. The first-order chi connectivity index (χ1) is 13.4. The molecule has 2 aromatic carbocycles. The summed E-state index contributed by atoms with van der Waals surface area (Å²) in [4.78, 5) is 38.7. The number of nitrogens with one attached hydrogen (secondary N) is 1. The second-order valence-corrected chi connectivity index (χ2v) is 7.02. The second kappa shape index (κ2) is 8.25. The van der Waals surface area contributed by atoms with E-state index in [1.165, 1.54) is 0 Å². The highest BCUT2D eigenvalue weighted by atomic mass is 16.5. The standard InChI is InChI=1S/C22H24N2O4/c1-3-28-18-11-9-17(10-12-18)19(25)15-24-20(26)22(2,23-21(24)27)14-13-16-7-5-4-6-8-16/h4-12H,3,13-15H2,1-2H3,(H,23,27)/t22-/m1/s1. The zero-order chi connectivity index (χ0) is 20.1. The lowest BCUT2D eigenvalue weighted by atomic mass is 9.93. The van der Waals surface area contributed by atoms with E-state index in [1.807, 2.05) is 37.3 Å². The fourth-order valence-corrected chi connectivity index (χ4v) is 3.24. The predicted molar refractivity (Wildman–Crippen MR) is 105 cm³/mol. The predicted octanol–water partition coefficient (Wildman–Crippen LogP) is 3.21. The van der Waals surface area contributed by atoms with Gasteiger partial charge in [-0.25, -0.2) is 4.79 Å². The summed E-state index contributed by atoms with van der Waals surface area (Å²) in [6, 6.07) is 15.9. The summed E-state index contributed by atoms with van der Waals surface area (Å²) in [7, 11) is 0. The number of imide groups is 1. The van der Waals surface area contributed by atoms with Crippen LogP contribution in [0.15, 0.2) is 54.6 Å². The first-order valence-electron chi connectivity index (χ1n) is 9.37. The molecule has 0 spiro atoms. The van der Waals surface area contributed by atoms with Crippen molar-refractivity contribution in [1.29, 1.82) is 0 Å². The molecule has 6 heteroatoms. The minimum Gasteiger partial charge on any atom is -0.494 e. The maximum atomic E-state index is 12.8. The van der Waals surface area contributed by atoms with Crippen LogP contribution >= 0.6 is 0 Å². The molecule has 6 nitrogen and oxygen atoms in total. The summed E-state index contributed by atoms with van der Waals surface area (Å²) < 4.78 is 5.36. The van der Waals surface area contributed by atoms with E-state index in [2.05, 4.69) is 5.32 Å². The summed E-state index contributed by atoms with van der Waals surface area (Å²) in [6.07, 6.45) is 1.12. The maximum absolute atomic E-state index is 12.8. The van der Waals surface area contributed by atoms with E-state index in [1.54, 1.807) is 31.2 Å². The van der Waals surface area contributed by atoms with Gasteiger partial charge in [0.05, 0.1) is 13.2 Å².